The number of ether oxygens (including phenoxy) is 12. The van der Waals surface area contributed by atoms with Gasteiger partial charge in [-0.25, -0.2) is 0 Å². The van der Waals surface area contributed by atoms with Gasteiger partial charge in [0, 0.05) is 25.7 Å². The maximum Gasteiger partial charge on any atom is 0.302 e. The molecule has 0 spiro atoms. The van der Waals surface area contributed by atoms with E-state index in [1.54, 1.807) is 36.4 Å². The van der Waals surface area contributed by atoms with Crippen LogP contribution >= 0.6 is 0 Å². The molecule has 0 aromatic heterocycles. The monoisotopic (exact) mass is 912 g/mol. The number of benzene rings is 2. The van der Waals surface area contributed by atoms with Crippen LogP contribution in [0, 0.1) is 11.8 Å². The van der Waals surface area contributed by atoms with Crippen molar-refractivity contribution in [3.63, 3.8) is 0 Å². The van der Waals surface area contributed by atoms with Gasteiger partial charge in [-0.1, -0.05) is 12.1 Å². The summed E-state index contributed by atoms with van der Waals surface area (Å²) in [4.78, 5) is 22.9. The third-order valence-electron chi connectivity index (χ3n) is 12.1. The van der Waals surface area contributed by atoms with Crippen LogP contribution in [0.1, 0.15) is 44.1 Å². The van der Waals surface area contributed by atoms with Crippen LogP contribution in [-0.2, 0) is 47.5 Å². The highest BCUT2D eigenvalue weighted by Gasteiger charge is 2.53. The smallest absolute Gasteiger partial charge is 0.302 e. The molecule has 0 radical (unpaired) electrons. The summed E-state index contributed by atoms with van der Waals surface area (Å²) in [6, 6.07) is 10.1. The summed E-state index contributed by atoms with van der Waals surface area (Å²) in [7, 11) is 2.83. The number of carbonyl (C=O) groups excluding carboxylic acids is 2. The molecule has 0 saturated carbocycles. The standard InChI is InChI=1S/C42H56O22/c1-16-29(45)32(48)35(51)40(59-16)64-39-34(50)31(47)28(15-56-18(3)44)63-42(39)61-24-9-7-20(11-26(24)54-5)38-22-13-57-37(21(22)12-58-38)19-6-8-23(25(10-19)53-4)60-41-36(52)33(49)30(46)27(62-41)14-55-17(2)43/h6-11,16,21-22,27-42,45-52H,12-15H2,1-5H3/t16-,21?,22?,27+,28+,29-,30+,31+,32+,33-,34-,35+,36+,37?,38?,39+,40-,41+,42+/m0/s1. The van der Waals surface area contributed by atoms with E-state index in [4.69, 9.17) is 56.8 Å². The molecule has 8 N–H and O–H groups in total. The average molecular weight is 913 g/mol. The van der Waals surface area contributed by atoms with E-state index in [2.05, 4.69) is 0 Å². The number of rotatable bonds is 14. The molecule has 19 atom stereocenters. The van der Waals surface area contributed by atoms with Crippen molar-refractivity contribution < 1.29 is 107 Å². The molecular weight excluding hydrogens is 856 g/mol. The Bertz CT molecular complexity index is 1920. The maximum atomic E-state index is 11.6. The highest BCUT2D eigenvalue weighted by Crippen LogP contribution is 2.52. The van der Waals surface area contributed by atoms with E-state index < -0.39 is 123 Å². The zero-order chi connectivity index (χ0) is 46.1. The molecule has 22 heteroatoms. The lowest BCUT2D eigenvalue weighted by molar-refractivity contribution is -0.354. The number of fused-ring (bicyclic) bond motifs is 1. The average Bonchev–Trinajstić information content (AvgIpc) is 3.89. The van der Waals surface area contributed by atoms with Crippen molar-refractivity contribution in [3.05, 3.63) is 47.5 Å². The van der Waals surface area contributed by atoms with Gasteiger partial charge < -0.3 is 97.7 Å². The fourth-order valence-corrected chi connectivity index (χ4v) is 8.52. The quantitative estimate of drug-likeness (QED) is 0.0963. The van der Waals surface area contributed by atoms with Crippen LogP contribution in [0.25, 0.3) is 0 Å². The molecule has 5 aliphatic rings. The van der Waals surface area contributed by atoms with Crippen molar-refractivity contribution in [2.24, 2.45) is 11.8 Å². The predicted molar refractivity (Wildman–Crippen MR) is 209 cm³/mol. The van der Waals surface area contributed by atoms with E-state index in [0.717, 1.165) is 12.5 Å². The number of aliphatic hydroxyl groups is 8. The van der Waals surface area contributed by atoms with Gasteiger partial charge in [-0.3, -0.25) is 9.59 Å². The third kappa shape index (κ3) is 9.90. The van der Waals surface area contributed by atoms with Gasteiger partial charge in [-0.05, 0) is 42.3 Å². The molecule has 7 rings (SSSR count). The second kappa shape index (κ2) is 20.3. The molecule has 5 saturated heterocycles. The topological polar surface area (TPSA) is 307 Å². The van der Waals surface area contributed by atoms with Gasteiger partial charge in [0.25, 0.3) is 0 Å². The first-order chi connectivity index (χ1) is 30.5. The lowest BCUT2D eigenvalue weighted by Gasteiger charge is -2.45. The van der Waals surface area contributed by atoms with E-state index in [-0.39, 0.29) is 41.4 Å². The van der Waals surface area contributed by atoms with E-state index in [9.17, 15) is 50.4 Å². The van der Waals surface area contributed by atoms with Crippen molar-refractivity contribution in [1.82, 2.24) is 0 Å². The van der Waals surface area contributed by atoms with Gasteiger partial charge in [0.05, 0.1) is 45.7 Å². The van der Waals surface area contributed by atoms with Crippen LogP contribution < -0.4 is 18.9 Å². The molecule has 0 bridgehead atoms. The Hall–Kier alpha value is -3.98. The van der Waals surface area contributed by atoms with Crippen molar-refractivity contribution in [2.45, 2.75) is 125 Å². The fourth-order valence-electron chi connectivity index (χ4n) is 8.52. The van der Waals surface area contributed by atoms with Gasteiger partial charge >= 0.3 is 11.9 Å². The normalized spacial score (nSPS) is 39.7. The summed E-state index contributed by atoms with van der Waals surface area (Å²) in [5.74, 6) is -0.774. The molecule has 0 amide bonds. The number of carbonyl (C=O) groups is 2. The second-order valence-electron chi connectivity index (χ2n) is 16.3. The zero-order valence-corrected chi connectivity index (χ0v) is 35.6. The minimum Gasteiger partial charge on any atom is -0.493 e. The molecule has 2 aromatic rings. The largest absolute Gasteiger partial charge is 0.493 e. The number of esters is 2. The molecule has 2 aromatic carbocycles. The summed E-state index contributed by atoms with van der Waals surface area (Å²) in [5, 5.41) is 84.9. The first kappa shape index (κ1) is 48.0. The first-order valence-electron chi connectivity index (χ1n) is 20.8. The third-order valence-corrected chi connectivity index (χ3v) is 12.1. The van der Waals surface area contributed by atoms with Gasteiger partial charge in [0.2, 0.25) is 12.6 Å². The maximum absolute atomic E-state index is 11.6. The Morgan fingerprint density at radius 2 is 1.02 bits per heavy atom. The predicted octanol–water partition coefficient (Wildman–Crippen LogP) is -1.87. The van der Waals surface area contributed by atoms with Crippen LogP contribution in [-0.4, -0.2) is 186 Å². The molecule has 5 fully saturated rings. The highest BCUT2D eigenvalue weighted by molar-refractivity contribution is 5.66. The van der Waals surface area contributed by atoms with E-state index >= 15 is 0 Å². The SMILES string of the molecule is COc1cc(C2OCC3C(c4ccc(O[C@@H]5O[C@H](COC(C)=O)[C@@H](O)[C@H](O)[C@H]5O[C@@H]5O[C@@H](C)[C@H](O)[C@@H](O)[C@H]5O)c(OC)c4)OCC23)ccc1O[C@@H]1O[C@H](COC(C)=O)[C@@H](O)[C@H](O)[C@H]1O. The van der Waals surface area contributed by atoms with Gasteiger partial charge in [0.15, 0.2) is 35.4 Å². The number of hydrogen-bond acceptors (Lipinski definition) is 22. The summed E-state index contributed by atoms with van der Waals surface area (Å²) in [6.07, 6.45) is -23.6. The van der Waals surface area contributed by atoms with Crippen molar-refractivity contribution >= 4 is 11.9 Å². The Labute approximate surface area is 366 Å². The molecule has 356 valence electrons. The molecule has 5 heterocycles. The summed E-state index contributed by atoms with van der Waals surface area (Å²) >= 11 is 0. The Morgan fingerprint density at radius 1 is 0.562 bits per heavy atom. The van der Waals surface area contributed by atoms with Gasteiger partial charge in [-0.15, -0.1) is 0 Å². The van der Waals surface area contributed by atoms with Crippen LogP contribution in [0.3, 0.4) is 0 Å². The molecule has 4 unspecified atom stereocenters. The summed E-state index contributed by atoms with van der Waals surface area (Å²) < 4.78 is 69.2. The van der Waals surface area contributed by atoms with Crippen LogP contribution in [0.2, 0.25) is 0 Å². The Balaban J connectivity index is 1.05. The minimum absolute atomic E-state index is 0.106. The van der Waals surface area contributed by atoms with E-state index in [0.29, 0.717) is 18.8 Å². The number of hydrogen-bond donors (Lipinski definition) is 8. The van der Waals surface area contributed by atoms with Crippen molar-refractivity contribution in [3.8, 4) is 23.0 Å². The minimum atomic E-state index is -1.76. The van der Waals surface area contributed by atoms with Crippen LogP contribution in [0.4, 0.5) is 0 Å². The number of aliphatic hydroxyl groups excluding tert-OH is 8. The van der Waals surface area contributed by atoms with Gasteiger partial charge in [0.1, 0.15) is 74.3 Å². The Kier molecular flexibility index (Phi) is 15.2. The fraction of sp³-hybridized carbons (Fsp3) is 0.667. The van der Waals surface area contributed by atoms with E-state index in [1.807, 2.05) is 0 Å². The first-order valence-corrected chi connectivity index (χ1v) is 20.8. The molecule has 0 aliphatic carbocycles. The zero-order valence-electron chi connectivity index (χ0n) is 35.6. The summed E-state index contributed by atoms with van der Waals surface area (Å²) in [6.45, 7) is 3.61. The van der Waals surface area contributed by atoms with E-state index in [1.165, 1.54) is 28.1 Å². The van der Waals surface area contributed by atoms with Crippen LogP contribution in [0.5, 0.6) is 23.0 Å². The molecule has 64 heavy (non-hydrogen) atoms. The van der Waals surface area contributed by atoms with Crippen molar-refractivity contribution in [2.75, 3.05) is 40.6 Å². The Morgan fingerprint density at radius 3 is 1.52 bits per heavy atom. The van der Waals surface area contributed by atoms with Crippen molar-refractivity contribution in [1.29, 1.82) is 0 Å². The molecular formula is C42H56O22. The number of methoxy groups -OCH3 is 2. The lowest BCUT2D eigenvalue weighted by Crippen LogP contribution is -2.64. The van der Waals surface area contributed by atoms with Gasteiger partial charge in [-0.2, -0.15) is 0 Å². The second-order valence-corrected chi connectivity index (χ2v) is 16.3. The highest BCUT2D eigenvalue weighted by atomic mass is 16.8. The van der Waals surface area contributed by atoms with Crippen LogP contribution in [0.15, 0.2) is 36.4 Å². The summed E-state index contributed by atoms with van der Waals surface area (Å²) in [5.41, 5.74) is 1.46. The molecule has 22 nitrogen and oxygen atoms in total. The molecule has 5 aliphatic heterocycles. The lowest BCUT2D eigenvalue weighted by atomic mass is 9.85.